The van der Waals surface area contributed by atoms with Crippen LogP contribution in [0.3, 0.4) is 0 Å². The molecule has 1 saturated heterocycles. The second kappa shape index (κ2) is 7.60. The summed E-state index contributed by atoms with van der Waals surface area (Å²) in [5.41, 5.74) is 3.16. The predicted octanol–water partition coefficient (Wildman–Crippen LogP) is 4.35. The van der Waals surface area contributed by atoms with Crippen LogP contribution in [0.5, 0.6) is 0 Å². The van der Waals surface area contributed by atoms with Gasteiger partial charge in [0, 0.05) is 26.2 Å². The van der Waals surface area contributed by atoms with Gasteiger partial charge in [0.25, 0.3) is 0 Å². The number of benzene rings is 2. The van der Waals surface area contributed by atoms with Crippen LogP contribution in [0, 0.1) is 11.7 Å². The summed E-state index contributed by atoms with van der Waals surface area (Å²) in [6.07, 6.45) is 2.40. The first-order chi connectivity index (χ1) is 11.2. The van der Waals surface area contributed by atoms with Gasteiger partial charge < -0.3 is 10.2 Å². The minimum absolute atomic E-state index is 0.106. The van der Waals surface area contributed by atoms with Crippen molar-refractivity contribution in [1.82, 2.24) is 5.32 Å². The van der Waals surface area contributed by atoms with Gasteiger partial charge in [0.05, 0.1) is 5.69 Å². The summed E-state index contributed by atoms with van der Waals surface area (Å²) in [4.78, 5) is 2.20. The summed E-state index contributed by atoms with van der Waals surface area (Å²) in [6.45, 7) is 5.75. The Morgan fingerprint density at radius 2 is 1.87 bits per heavy atom. The fraction of sp³-hybridized carbons (Fsp3) is 0.400. The van der Waals surface area contributed by atoms with E-state index in [2.05, 4.69) is 29.3 Å². The lowest BCUT2D eigenvalue weighted by Gasteiger charge is -2.33. The summed E-state index contributed by atoms with van der Waals surface area (Å²) in [5, 5.41) is 3.44. The van der Waals surface area contributed by atoms with Crippen LogP contribution in [0.4, 0.5) is 10.1 Å². The van der Waals surface area contributed by atoms with Crippen molar-refractivity contribution in [2.75, 3.05) is 18.0 Å². The zero-order valence-electron chi connectivity index (χ0n) is 13.8. The molecule has 1 aliphatic heterocycles. The third-order valence-electron chi connectivity index (χ3n) is 4.51. The van der Waals surface area contributed by atoms with Crippen molar-refractivity contribution in [2.45, 2.75) is 32.9 Å². The third kappa shape index (κ3) is 4.32. The molecular weight excluding hydrogens is 287 g/mol. The van der Waals surface area contributed by atoms with E-state index in [9.17, 15) is 4.39 Å². The highest BCUT2D eigenvalue weighted by Crippen LogP contribution is 2.26. The fourth-order valence-corrected chi connectivity index (χ4v) is 3.27. The summed E-state index contributed by atoms with van der Waals surface area (Å²) < 4.78 is 14.2. The molecule has 0 aromatic heterocycles. The van der Waals surface area contributed by atoms with Gasteiger partial charge in [-0.25, -0.2) is 4.39 Å². The lowest BCUT2D eigenvalue weighted by molar-refractivity contribution is 0.442. The molecule has 1 unspecified atom stereocenters. The SMILES string of the molecule is CC1CCCN(c2cc(CNCc3ccccc3)ccc2F)C1. The van der Waals surface area contributed by atoms with Gasteiger partial charge >= 0.3 is 0 Å². The van der Waals surface area contributed by atoms with E-state index in [1.54, 1.807) is 6.07 Å². The van der Waals surface area contributed by atoms with Crippen LogP contribution in [0.15, 0.2) is 48.5 Å². The molecule has 122 valence electrons. The van der Waals surface area contributed by atoms with Crippen molar-refractivity contribution in [3.8, 4) is 0 Å². The van der Waals surface area contributed by atoms with E-state index in [1.165, 1.54) is 12.0 Å². The van der Waals surface area contributed by atoms with Gasteiger partial charge in [-0.15, -0.1) is 0 Å². The average molecular weight is 312 g/mol. The van der Waals surface area contributed by atoms with Crippen molar-refractivity contribution in [3.63, 3.8) is 0 Å². The van der Waals surface area contributed by atoms with Gasteiger partial charge in [-0.1, -0.05) is 43.3 Å². The average Bonchev–Trinajstić information content (AvgIpc) is 2.57. The van der Waals surface area contributed by atoms with E-state index in [0.29, 0.717) is 5.92 Å². The first kappa shape index (κ1) is 16.0. The Balaban J connectivity index is 1.63. The van der Waals surface area contributed by atoms with Gasteiger partial charge in [0.1, 0.15) is 5.82 Å². The molecule has 0 radical (unpaired) electrons. The van der Waals surface area contributed by atoms with Crippen LogP contribution in [-0.4, -0.2) is 13.1 Å². The lowest BCUT2D eigenvalue weighted by Crippen LogP contribution is -2.34. The molecule has 1 heterocycles. The van der Waals surface area contributed by atoms with Crippen molar-refractivity contribution >= 4 is 5.69 Å². The molecule has 0 spiro atoms. The number of piperidine rings is 1. The highest BCUT2D eigenvalue weighted by molar-refractivity contribution is 5.50. The largest absolute Gasteiger partial charge is 0.369 e. The van der Waals surface area contributed by atoms with E-state index in [-0.39, 0.29) is 5.82 Å². The Bertz CT molecular complexity index is 627. The molecule has 3 heteroatoms. The molecule has 0 aliphatic carbocycles. The van der Waals surface area contributed by atoms with Crippen LogP contribution < -0.4 is 10.2 Å². The Labute approximate surface area is 138 Å². The second-order valence-electron chi connectivity index (χ2n) is 6.57. The van der Waals surface area contributed by atoms with E-state index in [1.807, 2.05) is 30.3 Å². The van der Waals surface area contributed by atoms with Crippen molar-refractivity contribution in [2.24, 2.45) is 5.92 Å². The second-order valence-corrected chi connectivity index (χ2v) is 6.57. The monoisotopic (exact) mass is 312 g/mol. The molecule has 0 saturated carbocycles. The maximum atomic E-state index is 14.2. The summed E-state index contributed by atoms with van der Waals surface area (Å²) in [7, 11) is 0. The molecule has 3 rings (SSSR count). The molecule has 1 N–H and O–H groups in total. The summed E-state index contributed by atoms with van der Waals surface area (Å²) in [6, 6.07) is 15.8. The molecule has 0 bridgehead atoms. The van der Waals surface area contributed by atoms with Crippen molar-refractivity contribution in [1.29, 1.82) is 0 Å². The fourth-order valence-electron chi connectivity index (χ4n) is 3.27. The van der Waals surface area contributed by atoms with E-state index in [4.69, 9.17) is 0 Å². The minimum atomic E-state index is -0.106. The number of nitrogens with one attached hydrogen (secondary N) is 1. The molecule has 0 amide bonds. The van der Waals surface area contributed by atoms with E-state index in [0.717, 1.165) is 43.9 Å². The molecule has 1 fully saturated rings. The molecule has 23 heavy (non-hydrogen) atoms. The standard InChI is InChI=1S/C20H25FN2/c1-16-6-5-11-23(15-16)20-12-18(9-10-19(20)21)14-22-13-17-7-3-2-4-8-17/h2-4,7-10,12,16,22H,5-6,11,13-15H2,1H3. The number of rotatable bonds is 5. The Morgan fingerprint density at radius 3 is 2.65 bits per heavy atom. The van der Waals surface area contributed by atoms with E-state index < -0.39 is 0 Å². The van der Waals surface area contributed by atoms with Crippen LogP contribution in [0.25, 0.3) is 0 Å². The topological polar surface area (TPSA) is 15.3 Å². The molecule has 2 nitrogen and oxygen atoms in total. The highest BCUT2D eigenvalue weighted by Gasteiger charge is 2.19. The summed E-state index contributed by atoms with van der Waals surface area (Å²) in [5.74, 6) is 0.536. The van der Waals surface area contributed by atoms with Gasteiger partial charge in [-0.2, -0.15) is 0 Å². The smallest absolute Gasteiger partial charge is 0.146 e. The Hall–Kier alpha value is -1.87. The maximum absolute atomic E-state index is 14.2. The number of hydrogen-bond donors (Lipinski definition) is 1. The van der Waals surface area contributed by atoms with Crippen LogP contribution in [-0.2, 0) is 13.1 Å². The van der Waals surface area contributed by atoms with Gasteiger partial charge in [-0.3, -0.25) is 0 Å². The van der Waals surface area contributed by atoms with Crippen LogP contribution in [0.1, 0.15) is 30.9 Å². The third-order valence-corrected chi connectivity index (χ3v) is 4.51. The first-order valence-corrected chi connectivity index (χ1v) is 8.50. The van der Waals surface area contributed by atoms with Gasteiger partial charge in [0.2, 0.25) is 0 Å². The molecule has 2 aromatic rings. The van der Waals surface area contributed by atoms with Crippen LogP contribution in [0.2, 0.25) is 0 Å². The predicted molar refractivity (Wildman–Crippen MR) is 94.0 cm³/mol. The number of nitrogens with zero attached hydrogens (tertiary/aromatic N) is 1. The number of hydrogen-bond acceptors (Lipinski definition) is 2. The van der Waals surface area contributed by atoms with Gasteiger partial charge in [-0.05, 0) is 42.0 Å². The zero-order valence-corrected chi connectivity index (χ0v) is 13.8. The Morgan fingerprint density at radius 1 is 1.09 bits per heavy atom. The Kier molecular flexibility index (Phi) is 5.29. The number of anilines is 1. The first-order valence-electron chi connectivity index (χ1n) is 8.50. The summed E-state index contributed by atoms with van der Waals surface area (Å²) >= 11 is 0. The molecule has 2 aromatic carbocycles. The van der Waals surface area contributed by atoms with Crippen LogP contribution >= 0.6 is 0 Å². The van der Waals surface area contributed by atoms with Crippen molar-refractivity contribution in [3.05, 3.63) is 65.5 Å². The quantitative estimate of drug-likeness (QED) is 0.883. The molecule has 1 atom stereocenters. The molecule has 1 aliphatic rings. The minimum Gasteiger partial charge on any atom is -0.369 e. The zero-order chi connectivity index (χ0) is 16.1. The number of halogens is 1. The van der Waals surface area contributed by atoms with Crippen molar-refractivity contribution < 1.29 is 4.39 Å². The van der Waals surface area contributed by atoms with Gasteiger partial charge in [0.15, 0.2) is 0 Å². The molecular formula is C20H25FN2. The highest BCUT2D eigenvalue weighted by atomic mass is 19.1. The van der Waals surface area contributed by atoms with E-state index >= 15 is 0 Å². The normalized spacial score (nSPS) is 18.2. The lowest BCUT2D eigenvalue weighted by atomic mass is 9.99. The maximum Gasteiger partial charge on any atom is 0.146 e.